The molecule has 2 aromatic carbocycles. The maximum atomic E-state index is 13.7. The maximum Gasteiger partial charge on any atom is 0.344 e. The Bertz CT molecular complexity index is 1090. The van der Waals surface area contributed by atoms with Crippen LogP contribution in [-0.4, -0.2) is 31.1 Å². The Labute approximate surface area is 180 Å². The molecule has 9 heteroatoms. The number of thiophene rings is 1. The van der Waals surface area contributed by atoms with Gasteiger partial charge in [0.1, 0.15) is 27.8 Å². The van der Waals surface area contributed by atoms with E-state index >= 15 is 0 Å². The van der Waals surface area contributed by atoms with Crippen LogP contribution in [0.1, 0.15) is 27.6 Å². The number of benzene rings is 2. The van der Waals surface area contributed by atoms with Crippen molar-refractivity contribution in [3.8, 4) is 11.1 Å². The predicted octanol–water partition coefficient (Wildman–Crippen LogP) is 4.67. The second-order valence-electron chi connectivity index (χ2n) is 6.16. The molecule has 1 heterocycles. The van der Waals surface area contributed by atoms with Gasteiger partial charge in [-0.3, -0.25) is 4.79 Å². The number of ether oxygens (including phenoxy) is 2. The van der Waals surface area contributed by atoms with E-state index in [4.69, 9.17) is 9.47 Å². The zero-order chi connectivity index (χ0) is 22.4. The van der Waals surface area contributed by atoms with Crippen molar-refractivity contribution in [2.45, 2.75) is 6.92 Å². The van der Waals surface area contributed by atoms with E-state index in [1.54, 1.807) is 24.4 Å². The highest BCUT2D eigenvalue weighted by Crippen LogP contribution is 2.36. The normalized spacial score (nSPS) is 10.4. The number of amides is 1. The van der Waals surface area contributed by atoms with Crippen molar-refractivity contribution < 1.29 is 32.6 Å². The Balaban J connectivity index is 1.76. The Morgan fingerprint density at radius 2 is 1.55 bits per heavy atom. The largest absolute Gasteiger partial charge is 0.462 e. The summed E-state index contributed by atoms with van der Waals surface area (Å²) in [7, 11) is 0. The molecule has 0 aliphatic carbocycles. The fourth-order valence-electron chi connectivity index (χ4n) is 2.74. The van der Waals surface area contributed by atoms with Gasteiger partial charge in [-0.25, -0.2) is 18.4 Å². The summed E-state index contributed by atoms with van der Waals surface area (Å²) in [6.45, 7) is 1.00. The monoisotopic (exact) mass is 445 g/mol. The Morgan fingerprint density at radius 1 is 0.903 bits per heavy atom. The molecule has 0 radical (unpaired) electrons. The molecule has 0 bridgehead atoms. The molecule has 1 N–H and O–H groups in total. The molecule has 0 saturated carbocycles. The summed E-state index contributed by atoms with van der Waals surface area (Å²) in [5.41, 5.74) is 0.608. The minimum Gasteiger partial charge on any atom is -0.462 e. The summed E-state index contributed by atoms with van der Waals surface area (Å²) >= 11 is 1.10. The van der Waals surface area contributed by atoms with Gasteiger partial charge in [0.05, 0.1) is 6.61 Å². The number of esters is 2. The maximum absolute atomic E-state index is 13.7. The van der Waals surface area contributed by atoms with Gasteiger partial charge in [-0.05, 0) is 24.6 Å². The van der Waals surface area contributed by atoms with Gasteiger partial charge in [0.25, 0.3) is 5.91 Å². The fraction of sp³-hybridized carbons (Fsp3) is 0.136. The summed E-state index contributed by atoms with van der Waals surface area (Å²) < 4.78 is 37.1. The highest BCUT2D eigenvalue weighted by Gasteiger charge is 2.24. The number of rotatable bonds is 7. The van der Waals surface area contributed by atoms with Gasteiger partial charge in [-0.15, -0.1) is 11.3 Å². The lowest BCUT2D eigenvalue weighted by molar-refractivity contribution is -0.119. The lowest BCUT2D eigenvalue weighted by atomic mass is 10.0. The van der Waals surface area contributed by atoms with Gasteiger partial charge >= 0.3 is 11.9 Å². The smallest absolute Gasteiger partial charge is 0.344 e. The van der Waals surface area contributed by atoms with Crippen LogP contribution >= 0.6 is 11.3 Å². The summed E-state index contributed by atoms with van der Waals surface area (Å²) in [5.74, 6) is -4.91. The van der Waals surface area contributed by atoms with E-state index in [-0.39, 0.29) is 17.2 Å². The minimum atomic E-state index is -1.31. The first kappa shape index (κ1) is 22.1. The second kappa shape index (κ2) is 9.94. The number of hydrogen-bond donors (Lipinski definition) is 1. The number of halogens is 2. The van der Waals surface area contributed by atoms with Crippen molar-refractivity contribution in [2.24, 2.45) is 0 Å². The van der Waals surface area contributed by atoms with Gasteiger partial charge in [-0.1, -0.05) is 36.4 Å². The first-order valence-corrected chi connectivity index (χ1v) is 10.0. The summed E-state index contributed by atoms with van der Waals surface area (Å²) in [6.07, 6.45) is 0. The molecule has 0 fully saturated rings. The van der Waals surface area contributed by atoms with Crippen LogP contribution in [0.4, 0.5) is 13.8 Å². The summed E-state index contributed by atoms with van der Waals surface area (Å²) in [4.78, 5) is 36.7. The average molecular weight is 445 g/mol. The molecular formula is C22H17F2NO5S. The molecule has 0 unspecified atom stereocenters. The Kier molecular flexibility index (Phi) is 7.09. The number of carbonyl (C=O) groups excluding carboxylic acids is 3. The van der Waals surface area contributed by atoms with E-state index in [0.717, 1.165) is 35.1 Å². The molecule has 0 spiro atoms. The zero-order valence-corrected chi connectivity index (χ0v) is 17.1. The van der Waals surface area contributed by atoms with Crippen LogP contribution in [0.5, 0.6) is 0 Å². The Hall–Kier alpha value is -3.59. The molecule has 1 aromatic heterocycles. The van der Waals surface area contributed by atoms with Crippen LogP contribution in [0.3, 0.4) is 0 Å². The zero-order valence-electron chi connectivity index (χ0n) is 16.3. The van der Waals surface area contributed by atoms with Crippen LogP contribution in [0, 0.1) is 11.6 Å². The quantitative estimate of drug-likeness (QED) is 0.535. The van der Waals surface area contributed by atoms with E-state index in [9.17, 15) is 23.2 Å². The van der Waals surface area contributed by atoms with Crippen molar-refractivity contribution in [1.29, 1.82) is 0 Å². The predicted molar refractivity (Wildman–Crippen MR) is 111 cm³/mol. The molecule has 1 amide bonds. The highest BCUT2D eigenvalue weighted by atomic mass is 32.1. The first-order chi connectivity index (χ1) is 14.9. The molecule has 3 rings (SSSR count). The first-order valence-electron chi connectivity index (χ1n) is 9.17. The van der Waals surface area contributed by atoms with Crippen LogP contribution in [0.15, 0.2) is 53.9 Å². The molecular weight excluding hydrogens is 428 g/mol. The molecule has 0 aliphatic rings. The van der Waals surface area contributed by atoms with E-state index in [2.05, 4.69) is 5.32 Å². The van der Waals surface area contributed by atoms with Crippen molar-refractivity contribution >= 4 is 34.2 Å². The molecule has 31 heavy (non-hydrogen) atoms. The molecule has 6 nitrogen and oxygen atoms in total. The second-order valence-corrected chi connectivity index (χ2v) is 7.04. The van der Waals surface area contributed by atoms with Crippen molar-refractivity contribution in [3.05, 3.63) is 76.7 Å². The van der Waals surface area contributed by atoms with E-state index in [1.165, 1.54) is 0 Å². The molecule has 3 aromatic rings. The number of nitrogens with one attached hydrogen (secondary N) is 1. The molecule has 0 atom stereocenters. The third kappa shape index (κ3) is 5.13. The van der Waals surface area contributed by atoms with Gasteiger partial charge < -0.3 is 14.8 Å². The van der Waals surface area contributed by atoms with Crippen molar-refractivity contribution in [1.82, 2.24) is 0 Å². The van der Waals surface area contributed by atoms with Gasteiger partial charge in [0.15, 0.2) is 6.61 Å². The standard InChI is InChI=1S/C22H17F2NO5S/c1-2-29-21(27)18-14(13-7-4-3-5-8-13)12-31-20(18)25-17(26)11-30-22(28)19-15(23)9-6-10-16(19)24/h3-10,12H,2,11H2,1H3,(H,25,26). The number of carbonyl (C=O) groups is 3. The third-order valence-corrected chi connectivity index (χ3v) is 5.01. The van der Waals surface area contributed by atoms with Crippen LogP contribution in [0.25, 0.3) is 11.1 Å². The molecule has 160 valence electrons. The van der Waals surface area contributed by atoms with E-state index < -0.39 is 41.7 Å². The number of anilines is 1. The summed E-state index contributed by atoms with van der Waals surface area (Å²) in [6, 6.07) is 12.0. The summed E-state index contributed by atoms with van der Waals surface area (Å²) in [5, 5.41) is 4.39. The molecule has 0 saturated heterocycles. The van der Waals surface area contributed by atoms with Crippen molar-refractivity contribution in [2.75, 3.05) is 18.5 Å². The fourth-order valence-corrected chi connectivity index (χ4v) is 3.72. The minimum absolute atomic E-state index is 0.141. The van der Waals surface area contributed by atoms with E-state index in [0.29, 0.717) is 5.56 Å². The van der Waals surface area contributed by atoms with Crippen molar-refractivity contribution in [3.63, 3.8) is 0 Å². The van der Waals surface area contributed by atoms with Gasteiger partial charge in [0.2, 0.25) is 0 Å². The Morgan fingerprint density at radius 3 is 2.19 bits per heavy atom. The van der Waals surface area contributed by atoms with Crippen LogP contribution in [0.2, 0.25) is 0 Å². The van der Waals surface area contributed by atoms with Crippen LogP contribution < -0.4 is 5.32 Å². The highest BCUT2D eigenvalue weighted by molar-refractivity contribution is 7.15. The lowest BCUT2D eigenvalue weighted by Crippen LogP contribution is -2.22. The van der Waals surface area contributed by atoms with Crippen LogP contribution in [-0.2, 0) is 14.3 Å². The van der Waals surface area contributed by atoms with Gasteiger partial charge in [0, 0.05) is 10.9 Å². The van der Waals surface area contributed by atoms with Gasteiger partial charge in [-0.2, -0.15) is 0 Å². The molecule has 0 aliphatic heterocycles. The average Bonchev–Trinajstić information content (AvgIpc) is 3.16. The topological polar surface area (TPSA) is 81.7 Å². The lowest BCUT2D eigenvalue weighted by Gasteiger charge is -2.09. The third-order valence-electron chi connectivity index (χ3n) is 4.11. The SMILES string of the molecule is CCOC(=O)c1c(-c2ccccc2)csc1NC(=O)COC(=O)c1c(F)cccc1F. The number of hydrogen-bond acceptors (Lipinski definition) is 6. The van der Waals surface area contributed by atoms with E-state index in [1.807, 2.05) is 18.2 Å².